The highest BCUT2D eigenvalue weighted by atomic mass is 35.5. The van der Waals surface area contributed by atoms with E-state index < -0.39 is 9.84 Å². The summed E-state index contributed by atoms with van der Waals surface area (Å²) in [6, 6.07) is 3.02. The summed E-state index contributed by atoms with van der Waals surface area (Å²) in [4.78, 5) is 30.0. The van der Waals surface area contributed by atoms with Crippen LogP contribution in [0.2, 0.25) is 5.28 Å². The quantitative estimate of drug-likeness (QED) is 0.520. The van der Waals surface area contributed by atoms with Gasteiger partial charge in [0.1, 0.15) is 5.52 Å². The Labute approximate surface area is 179 Å². The molecule has 0 aliphatic carbocycles. The molecule has 0 radical (unpaired) electrons. The Balaban J connectivity index is 1.94. The third kappa shape index (κ3) is 4.59. The molecule has 9 nitrogen and oxygen atoms in total. The lowest BCUT2D eigenvalue weighted by Gasteiger charge is -2.18. The van der Waals surface area contributed by atoms with Crippen LogP contribution in [0.5, 0.6) is 0 Å². The van der Waals surface area contributed by atoms with Crippen LogP contribution in [0.1, 0.15) is 45.3 Å². The van der Waals surface area contributed by atoms with Crippen molar-refractivity contribution in [3.8, 4) is 0 Å². The van der Waals surface area contributed by atoms with Crippen LogP contribution in [0, 0.1) is 0 Å². The van der Waals surface area contributed by atoms with Gasteiger partial charge in [0, 0.05) is 12.2 Å². The summed E-state index contributed by atoms with van der Waals surface area (Å²) >= 11 is 5.93. The van der Waals surface area contributed by atoms with Gasteiger partial charge in [0.05, 0.1) is 29.1 Å². The van der Waals surface area contributed by atoms with E-state index in [-0.39, 0.29) is 39.9 Å². The van der Waals surface area contributed by atoms with Crippen LogP contribution in [0.4, 0.5) is 5.82 Å². The lowest BCUT2D eigenvalue weighted by atomic mass is 10.2. The Morgan fingerprint density at radius 2 is 1.93 bits per heavy atom. The number of nitrogens with zero attached hydrogens (tertiary/aromatic N) is 5. The summed E-state index contributed by atoms with van der Waals surface area (Å²) in [5.41, 5.74) is 1.09. The first kappa shape index (κ1) is 22.1. The van der Waals surface area contributed by atoms with Gasteiger partial charge in [0.15, 0.2) is 21.3 Å². The second-order valence-corrected chi connectivity index (χ2v) is 9.48. The van der Waals surface area contributed by atoms with Crippen LogP contribution in [0.3, 0.4) is 0 Å². The summed E-state index contributed by atoms with van der Waals surface area (Å²) in [5, 5.41) is 3.05. The van der Waals surface area contributed by atoms with Crippen molar-refractivity contribution in [1.82, 2.24) is 24.5 Å². The number of nitrogens with one attached hydrogen (secondary N) is 1. The maximum absolute atomic E-state index is 13.1. The molecule has 1 N–H and O–H groups in total. The molecule has 1 unspecified atom stereocenters. The Kier molecular flexibility index (Phi) is 6.67. The van der Waals surface area contributed by atoms with E-state index in [4.69, 9.17) is 11.6 Å². The number of rotatable bonds is 8. The third-order valence-corrected chi connectivity index (χ3v) is 6.63. The number of pyridine rings is 1. The maximum atomic E-state index is 13.1. The van der Waals surface area contributed by atoms with E-state index in [9.17, 15) is 13.2 Å². The summed E-state index contributed by atoms with van der Waals surface area (Å²) in [5.74, 6) is 0.151. The molecule has 3 heterocycles. The number of anilines is 1. The zero-order chi connectivity index (χ0) is 21.9. The molecule has 160 valence electrons. The summed E-state index contributed by atoms with van der Waals surface area (Å²) in [6.45, 7) is 5.77. The maximum Gasteiger partial charge on any atom is 0.295 e. The van der Waals surface area contributed by atoms with Crippen LogP contribution in [0.15, 0.2) is 34.2 Å². The minimum atomic E-state index is -3.31. The predicted octanol–water partition coefficient (Wildman–Crippen LogP) is 3.00. The van der Waals surface area contributed by atoms with Gasteiger partial charge >= 0.3 is 0 Å². The summed E-state index contributed by atoms with van der Waals surface area (Å²) in [7, 11) is -3.31. The minimum Gasteiger partial charge on any atom is -0.360 e. The normalized spacial score (nSPS) is 12.8. The molecular weight excluding hydrogens is 428 g/mol. The van der Waals surface area contributed by atoms with Crippen molar-refractivity contribution in [3.05, 3.63) is 45.9 Å². The number of halogens is 1. The molecule has 3 aromatic heterocycles. The zero-order valence-corrected chi connectivity index (χ0v) is 18.5. The number of sulfone groups is 1. The van der Waals surface area contributed by atoms with Crippen LogP contribution in [0.25, 0.3) is 11.2 Å². The first-order chi connectivity index (χ1) is 14.3. The Morgan fingerprint density at radius 1 is 1.17 bits per heavy atom. The fourth-order valence-electron chi connectivity index (χ4n) is 3.09. The van der Waals surface area contributed by atoms with E-state index in [2.05, 4.69) is 25.3 Å². The Morgan fingerprint density at radius 3 is 2.57 bits per heavy atom. The smallest absolute Gasteiger partial charge is 0.295 e. The van der Waals surface area contributed by atoms with E-state index in [1.165, 1.54) is 18.5 Å². The van der Waals surface area contributed by atoms with Gasteiger partial charge in [0.25, 0.3) is 5.56 Å². The number of fused-ring (bicyclic) bond motifs is 1. The first-order valence-corrected chi connectivity index (χ1v) is 11.7. The first-order valence-electron chi connectivity index (χ1n) is 9.63. The van der Waals surface area contributed by atoms with Gasteiger partial charge in [-0.15, -0.1) is 0 Å². The lowest BCUT2D eigenvalue weighted by molar-refractivity contribution is 0.497. The molecule has 0 aromatic carbocycles. The average molecular weight is 451 g/mol. The molecule has 0 saturated heterocycles. The van der Waals surface area contributed by atoms with Crippen molar-refractivity contribution < 1.29 is 8.42 Å². The average Bonchev–Trinajstić information content (AvgIpc) is 2.73. The summed E-state index contributed by atoms with van der Waals surface area (Å²) < 4.78 is 25.4. The van der Waals surface area contributed by atoms with Crippen molar-refractivity contribution in [3.63, 3.8) is 0 Å². The van der Waals surface area contributed by atoms with Crippen molar-refractivity contribution in [2.75, 3.05) is 11.1 Å². The topological polar surface area (TPSA) is 120 Å². The van der Waals surface area contributed by atoms with Gasteiger partial charge in [0.2, 0.25) is 5.28 Å². The van der Waals surface area contributed by atoms with Crippen LogP contribution < -0.4 is 10.9 Å². The molecule has 3 rings (SSSR count). The van der Waals surface area contributed by atoms with E-state index in [0.717, 1.165) is 12.8 Å². The molecule has 0 fully saturated rings. The van der Waals surface area contributed by atoms with Crippen LogP contribution in [-0.4, -0.2) is 38.7 Å². The number of hydrogen-bond acceptors (Lipinski definition) is 8. The highest BCUT2D eigenvalue weighted by Crippen LogP contribution is 2.19. The molecule has 30 heavy (non-hydrogen) atoms. The highest BCUT2D eigenvalue weighted by molar-refractivity contribution is 7.91. The van der Waals surface area contributed by atoms with Crippen LogP contribution >= 0.6 is 11.6 Å². The standard InChI is InChI=1S/C19H23ClN6O3S/c1-4-6-12(3)26-17-15(11-23-19(20)25-17)24-16(18(26)27)22-9-13-7-8-14(10-21-13)30(28,29)5-2/h7-8,10-12H,4-6,9H2,1-3H3,(H,22,24). The molecule has 3 aromatic rings. The predicted molar refractivity (Wildman–Crippen MR) is 116 cm³/mol. The second-order valence-electron chi connectivity index (χ2n) is 6.86. The monoisotopic (exact) mass is 450 g/mol. The zero-order valence-electron chi connectivity index (χ0n) is 17.0. The molecule has 0 spiro atoms. The van der Waals surface area contributed by atoms with E-state index in [0.29, 0.717) is 16.9 Å². The Bertz CT molecular complexity index is 1210. The minimum absolute atomic E-state index is 0.00879. The molecule has 0 bridgehead atoms. The van der Waals surface area contributed by atoms with Gasteiger partial charge in [-0.05, 0) is 37.1 Å². The Hall–Kier alpha value is -2.59. The van der Waals surface area contributed by atoms with Crippen molar-refractivity contribution in [2.24, 2.45) is 0 Å². The highest BCUT2D eigenvalue weighted by Gasteiger charge is 2.17. The molecule has 11 heteroatoms. The molecule has 0 amide bonds. The lowest BCUT2D eigenvalue weighted by Crippen LogP contribution is -2.28. The molecule has 0 saturated carbocycles. The second kappa shape index (κ2) is 9.05. The van der Waals surface area contributed by atoms with Crippen molar-refractivity contribution in [2.45, 2.75) is 51.1 Å². The molecule has 0 aliphatic rings. The van der Waals surface area contributed by atoms with Gasteiger partial charge < -0.3 is 5.32 Å². The van der Waals surface area contributed by atoms with Gasteiger partial charge in [-0.2, -0.15) is 4.98 Å². The fraction of sp³-hybridized carbons (Fsp3) is 0.421. The van der Waals surface area contributed by atoms with E-state index in [1.54, 1.807) is 17.6 Å². The summed E-state index contributed by atoms with van der Waals surface area (Å²) in [6.07, 6.45) is 4.49. The van der Waals surface area contributed by atoms with E-state index in [1.807, 2.05) is 13.8 Å². The fourth-order valence-corrected chi connectivity index (χ4v) is 4.04. The number of hydrogen-bond donors (Lipinski definition) is 1. The third-order valence-electron chi connectivity index (χ3n) is 4.72. The van der Waals surface area contributed by atoms with Gasteiger partial charge in [-0.25, -0.2) is 18.4 Å². The molecule has 0 aliphatic heterocycles. The SMILES string of the molecule is CCCC(C)n1c(=O)c(NCc2ccc(S(=O)(=O)CC)cn2)nc2cnc(Cl)nc21. The van der Waals surface area contributed by atoms with Crippen LogP contribution in [-0.2, 0) is 16.4 Å². The molecule has 1 atom stereocenters. The largest absolute Gasteiger partial charge is 0.360 e. The van der Waals surface area contributed by atoms with Gasteiger partial charge in [-0.1, -0.05) is 20.3 Å². The van der Waals surface area contributed by atoms with E-state index >= 15 is 0 Å². The van der Waals surface area contributed by atoms with Gasteiger partial charge in [-0.3, -0.25) is 14.3 Å². The van der Waals surface area contributed by atoms with Crippen molar-refractivity contribution >= 4 is 38.4 Å². The number of aromatic nitrogens is 5. The molecular formula is C19H23ClN6O3S. The van der Waals surface area contributed by atoms with Crippen molar-refractivity contribution in [1.29, 1.82) is 0 Å².